The van der Waals surface area contributed by atoms with Crippen molar-refractivity contribution in [2.24, 2.45) is 5.18 Å². The maximum Gasteiger partial charge on any atom is 0.107 e. The Bertz CT molecular complexity index is 67.1. The van der Waals surface area contributed by atoms with Gasteiger partial charge in [-0.2, -0.15) is 4.91 Å². The molecule has 0 saturated carbocycles. The lowest BCUT2D eigenvalue weighted by Gasteiger charge is -1.93. The van der Waals surface area contributed by atoms with Crippen LogP contribution in [-0.4, -0.2) is 11.4 Å². The average molecular weight is 156 g/mol. The standard InChI is InChI=1S/C4H7Cl2NO/c5-4(6)2-1-3-7-8/h4H,1-3H2. The molecule has 0 fully saturated rings. The summed E-state index contributed by atoms with van der Waals surface area (Å²) in [5.74, 6) is 0. The third kappa shape index (κ3) is 6.18. The molecule has 0 aromatic heterocycles. The molecule has 0 rings (SSSR count). The molecular weight excluding hydrogens is 149 g/mol. The van der Waals surface area contributed by atoms with E-state index in [4.69, 9.17) is 23.2 Å². The molecule has 0 atom stereocenters. The number of alkyl halides is 2. The van der Waals surface area contributed by atoms with Crippen LogP contribution < -0.4 is 0 Å². The van der Waals surface area contributed by atoms with E-state index in [1.807, 2.05) is 0 Å². The van der Waals surface area contributed by atoms with Crippen LogP contribution in [0.25, 0.3) is 0 Å². The first-order valence-electron chi connectivity index (χ1n) is 2.34. The highest BCUT2D eigenvalue weighted by Crippen LogP contribution is 2.08. The molecule has 0 aliphatic heterocycles. The lowest BCUT2D eigenvalue weighted by molar-refractivity contribution is 0.787. The average Bonchev–Trinajstić information content (AvgIpc) is 1.66. The Balaban J connectivity index is 2.81. The molecule has 0 aliphatic rings. The molecule has 0 aromatic carbocycles. The minimum absolute atomic E-state index is 0.315. The van der Waals surface area contributed by atoms with Crippen LogP contribution in [0.5, 0.6) is 0 Å². The highest BCUT2D eigenvalue weighted by Gasteiger charge is 1.95. The van der Waals surface area contributed by atoms with Crippen molar-refractivity contribution in [2.75, 3.05) is 6.54 Å². The molecule has 8 heavy (non-hydrogen) atoms. The topological polar surface area (TPSA) is 29.4 Å². The molecule has 0 amide bonds. The van der Waals surface area contributed by atoms with Crippen molar-refractivity contribution in [3.8, 4) is 0 Å². The number of nitrogens with zero attached hydrogens (tertiary/aromatic N) is 1. The number of hydrogen-bond donors (Lipinski definition) is 0. The minimum Gasteiger partial charge on any atom is -0.151 e. The fraction of sp³-hybridized carbons (Fsp3) is 1.00. The highest BCUT2D eigenvalue weighted by atomic mass is 35.5. The predicted molar refractivity (Wildman–Crippen MR) is 35.4 cm³/mol. The fourth-order valence-corrected chi connectivity index (χ4v) is 0.619. The molecule has 0 N–H and O–H groups in total. The summed E-state index contributed by atoms with van der Waals surface area (Å²) in [4.78, 5) is 9.10. The summed E-state index contributed by atoms with van der Waals surface area (Å²) < 4.78 is 0. The largest absolute Gasteiger partial charge is 0.151 e. The molecule has 2 nitrogen and oxygen atoms in total. The first kappa shape index (κ1) is 8.18. The first-order chi connectivity index (χ1) is 3.77. The molecule has 48 valence electrons. The summed E-state index contributed by atoms with van der Waals surface area (Å²) in [6.07, 6.45) is 1.33. The third-order valence-corrected chi connectivity index (χ3v) is 1.11. The van der Waals surface area contributed by atoms with E-state index in [9.17, 15) is 4.91 Å². The second kappa shape index (κ2) is 5.32. The van der Waals surface area contributed by atoms with Gasteiger partial charge in [0.25, 0.3) is 0 Å². The molecule has 0 aliphatic carbocycles. The van der Waals surface area contributed by atoms with E-state index in [-0.39, 0.29) is 4.84 Å². The zero-order chi connectivity index (χ0) is 6.41. The van der Waals surface area contributed by atoms with Gasteiger partial charge in [0.1, 0.15) is 4.84 Å². The molecule has 0 heterocycles. The van der Waals surface area contributed by atoms with E-state index in [0.29, 0.717) is 19.4 Å². The molecule has 0 radical (unpaired) electrons. The van der Waals surface area contributed by atoms with Crippen LogP contribution in [0, 0.1) is 4.91 Å². The van der Waals surface area contributed by atoms with Gasteiger partial charge in [-0.05, 0) is 12.8 Å². The van der Waals surface area contributed by atoms with Crippen molar-refractivity contribution in [1.82, 2.24) is 0 Å². The summed E-state index contributed by atoms with van der Waals surface area (Å²) in [7, 11) is 0. The van der Waals surface area contributed by atoms with Gasteiger partial charge in [-0.3, -0.25) is 0 Å². The Morgan fingerprint density at radius 3 is 2.50 bits per heavy atom. The normalized spacial score (nSPS) is 9.88. The quantitative estimate of drug-likeness (QED) is 0.349. The van der Waals surface area contributed by atoms with E-state index in [0.717, 1.165) is 0 Å². The maximum atomic E-state index is 9.45. The van der Waals surface area contributed by atoms with Crippen LogP contribution in [0.2, 0.25) is 0 Å². The van der Waals surface area contributed by atoms with Gasteiger partial charge in [0, 0.05) is 0 Å². The molecule has 4 heteroatoms. The summed E-state index contributed by atoms with van der Waals surface area (Å²) in [6, 6.07) is 0. The minimum atomic E-state index is -0.350. The Morgan fingerprint density at radius 1 is 1.50 bits per heavy atom. The molecule has 0 unspecified atom stereocenters. The van der Waals surface area contributed by atoms with Gasteiger partial charge in [0.15, 0.2) is 0 Å². The third-order valence-electron chi connectivity index (χ3n) is 0.672. The molecule has 0 spiro atoms. The zero-order valence-corrected chi connectivity index (χ0v) is 5.82. The second-order valence-corrected chi connectivity index (χ2v) is 2.66. The van der Waals surface area contributed by atoms with Crippen molar-refractivity contribution in [1.29, 1.82) is 0 Å². The summed E-state index contributed by atoms with van der Waals surface area (Å²) in [5, 5.41) is 2.64. The van der Waals surface area contributed by atoms with Crippen LogP contribution >= 0.6 is 23.2 Å². The highest BCUT2D eigenvalue weighted by molar-refractivity contribution is 6.44. The molecule has 0 saturated heterocycles. The molecular formula is C4H7Cl2NO. The SMILES string of the molecule is O=NCCCC(Cl)Cl. The van der Waals surface area contributed by atoms with Crippen LogP contribution in [0.3, 0.4) is 0 Å². The van der Waals surface area contributed by atoms with Crippen molar-refractivity contribution in [3.63, 3.8) is 0 Å². The van der Waals surface area contributed by atoms with E-state index >= 15 is 0 Å². The summed E-state index contributed by atoms with van der Waals surface area (Å²) in [5.41, 5.74) is 0. The Hall–Kier alpha value is 0.180. The van der Waals surface area contributed by atoms with Crippen LogP contribution in [0.15, 0.2) is 5.18 Å². The smallest absolute Gasteiger partial charge is 0.107 e. The zero-order valence-electron chi connectivity index (χ0n) is 4.31. The van der Waals surface area contributed by atoms with Crippen molar-refractivity contribution < 1.29 is 0 Å². The van der Waals surface area contributed by atoms with Crippen LogP contribution in [0.4, 0.5) is 0 Å². The van der Waals surface area contributed by atoms with Crippen molar-refractivity contribution >= 4 is 23.2 Å². The Labute approximate surface area is 58.1 Å². The monoisotopic (exact) mass is 155 g/mol. The van der Waals surface area contributed by atoms with E-state index < -0.39 is 0 Å². The predicted octanol–water partition coefficient (Wildman–Crippen LogP) is 2.34. The van der Waals surface area contributed by atoms with Crippen molar-refractivity contribution in [2.45, 2.75) is 17.7 Å². The van der Waals surface area contributed by atoms with Gasteiger partial charge in [-0.25, -0.2) is 0 Å². The van der Waals surface area contributed by atoms with E-state index in [1.54, 1.807) is 0 Å². The van der Waals surface area contributed by atoms with Gasteiger partial charge in [0.05, 0.1) is 6.54 Å². The van der Waals surface area contributed by atoms with Crippen LogP contribution in [-0.2, 0) is 0 Å². The lowest BCUT2D eigenvalue weighted by atomic mass is 10.3. The van der Waals surface area contributed by atoms with Crippen molar-refractivity contribution in [3.05, 3.63) is 4.91 Å². The van der Waals surface area contributed by atoms with Crippen LogP contribution in [0.1, 0.15) is 12.8 Å². The summed E-state index contributed by atoms with van der Waals surface area (Å²) >= 11 is 10.7. The molecule has 0 bridgehead atoms. The van der Waals surface area contributed by atoms with Gasteiger partial charge in [-0.15, -0.1) is 23.2 Å². The van der Waals surface area contributed by atoms with E-state index in [2.05, 4.69) is 5.18 Å². The van der Waals surface area contributed by atoms with E-state index in [1.165, 1.54) is 0 Å². The second-order valence-electron chi connectivity index (χ2n) is 1.39. The Kier molecular flexibility index (Phi) is 5.44. The Morgan fingerprint density at radius 2 is 2.12 bits per heavy atom. The number of hydrogen-bond acceptors (Lipinski definition) is 2. The van der Waals surface area contributed by atoms with Gasteiger partial charge in [-0.1, -0.05) is 5.18 Å². The van der Waals surface area contributed by atoms with Gasteiger partial charge >= 0.3 is 0 Å². The first-order valence-corrected chi connectivity index (χ1v) is 3.22. The molecule has 0 aromatic rings. The number of halogens is 2. The maximum absolute atomic E-state index is 9.45. The lowest BCUT2D eigenvalue weighted by Crippen LogP contribution is -1.87. The van der Waals surface area contributed by atoms with Gasteiger partial charge < -0.3 is 0 Å². The van der Waals surface area contributed by atoms with Gasteiger partial charge in [0.2, 0.25) is 0 Å². The summed E-state index contributed by atoms with van der Waals surface area (Å²) in [6.45, 7) is 0.315. The number of rotatable bonds is 4. The number of nitroso groups, excluding NO2 is 1. The fourth-order valence-electron chi connectivity index (χ4n) is 0.310.